The third-order valence-electron chi connectivity index (χ3n) is 6.41. The normalized spacial score (nSPS) is 14.9. The SMILES string of the molecule is CCNC(=O)Nc1ccc(-c2nc(N3CCOCC3)nc3c2CC(=O)N3Cc2ccc(OC)cc2)cc1. The number of amides is 3. The van der Waals surface area contributed by atoms with Crippen molar-refractivity contribution >= 4 is 29.4 Å². The lowest BCUT2D eigenvalue weighted by Crippen LogP contribution is -2.37. The standard InChI is InChI=1S/C27H30N6O4/c1-3-28-27(35)29-20-8-6-19(7-9-20)24-22-16-23(34)33(17-18-4-10-21(36-2)11-5-18)25(22)31-26(30-24)32-12-14-37-15-13-32/h4-11H,3,12-17H2,1-2H3,(H2,28,29,35). The molecule has 0 atom stereocenters. The smallest absolute Gasteiger partial charge is 0.319 e. The molecule has 2 N–H and O–H groups in total. The van der Waals surface area contributed by atoms with E-state index in [9.17, 15) is 9.59 Å². The van der Waals surface area contributed by atoms with Gasteiger partial charge in [0.1, 0.15) is 11.6 Å². The van der Waals surface area contributed by atoms with E-state index in [1.807, 2.05) is 55.5 Å². The number of aromatic nitrogens is 2. The van der Waals surface area contributed by atoms with Crippen LogP contribution in [0.3, 0.4) is 0 Å². The van der Waals surface area contributed by atoms with Crippen LogP contribution in [0, 0.1) is 0 Å². The van der Waals surface area contributed by atoms with Crippen LogP contribution in [0.5, 0.6) is 5.75 Å². The Bertz CT molecular complexity index is 1270. The molecule has 1 aromatic heterocycles. The Kier molecular flexibility index (Phi) is 7.18. The van der Waals surface area contributed by atoms with Gasteiger partial charge in [-0.2, -0.15) is 4.98 Å². The van der Waals surface area contributed by atoms with Crippen molar-refractivity contribution < 1.29 is 19.1 Å². The predicted octanol–water partition coefficient (Wildman–Crippen LogP) is 3.22. The molecule has 1 fully saturated rings. The summed E-state index contributed by atoms with van der Waals surface area (Å²) in [6.07, 6.45) is 0.225. The zero-order valence-corrected chi connectivity index (χ0v) is 21.0. The number of methoxy groups -OCH3 is 1. The minimum absolute atomic E-state index is 0.0185. The highest BCUT2D eigenvalue weighted by atomic mass is 16.5. The summed E-state index contributed by atoms with van der Waals surface area (Å²) in [5, 5.41) is 5.53. The first-order chi connectivity index (χ1) is 18.1. The predicted molar refractivity (Wildman–Crippen MR) is 141 cm³/mol. The van der Waals surface area contributed by atoms with Crippen molar-refractivity contribution in [3.8, 4) is 17.0 Å². The van der Waals surface area contributed by atoms with E-state index in [4.69, 9.17) is 19.4 Å². The Morgan fingerprint density at radius 1 is 1.05 bits per heavy atom. The molecular weight excluding hydrogens is 472 g/mol. The summed E-state index contributed by atoms with van der Waals surface area (Å²) >= 11 is 0. The van der Waals surface area contributed by atoms with Gasteiger partial charge in [-0.15, -0.1) is 0 Å². The lowest BCUT2D eigenvalue weighted by molar-refractivity contribution is -0.117. The molecule has 10 heteroatoms. The van der Waals surface area contributed by atoms with Crippen molar-refractivity contribution in [2.75, 3.05) is 55.1 Å². The summed E-state index contributed by atoms with van der Waals surface area (Å²) in [6.45, 7) is 5.38. The lowest BCUT2D eigenvalue weighted by atomic mass is 10.0. The van der Waals surface area contributed by atoms with Gasteiger partial charge in [0, 0.05) is 36.4 Å². The van der Waals surface area contributed by atoms with E-state index in [1.165, 1.54) is 0 Å². The second-order valence-electron chi connectivity index (χ2n) is 8.84. The number of hydrogen-bond acceptors (Lipinski definition) is 7. The summed E-state index contributed by atoms with van der Waals surface area (Å²) in [4.78, 5) is 38.7. The molecule has 0 aliphatic carbocycles. The number of nitrogens with zero attached hydrogens (tertiary/aromatic N) is 4. The molecule has 3 heterocycles. The molecule has 0 bridgehead atoms. The summed E-state index contributed by atoms with van der Waals surface area (Å²) in [6, 6.07) is 14.9. The van der Waals surface area contributed by atoms with E-state index in [0.29, 0.717) is 56.8 Å². The number of fused-ring (bicyclic) bond motifs is 1. The molecule has 2 aromatic carbocycles. The van der Waals surface area contributed by atoms with Crippen molar-refractivity contribution in [2.24, 2.45) is 0 Å². The maximum Gasteiger partial charge on any atom is 0.319 e. The summed E-state index contributed by atoms with van der Waals surface area (Å²) < 4.78 is 10.8. The molecule has 0 saturated carbocycles. The minimum atomic E-state index is -0.257. The molecule has 37 heavy (non-hydrogen) atoms. The molecule has 0 radical (unpaired) electrons. The molecular formula is C27H30N6O4. The molecule has 3 aromatic rings. The van der Waals surface area contributed by atoms with Gasteiger partial charge in [0.05, 0.1) is 39.0 Å². The van der Waals surface area contributed by atoms with Crippen LogP contribution in [-0.4, -0.2) is 61.9 Å². The average Bonchev–Trinajstić information content (AvgIpc) is 3.24. The first-order valence-electron chi connectivity index (χ1n) is 12.4. The number of urea groups is 1. The van der Waals surface area contributed by atoms with E-state index in [2.05, 4.69) is 15.5 Å². The average molecular weight is 503 g/mol. The van der Waals surface area contributed by atoms with Gasteiger partial charge in [0.2, 0.25) is 11.9 Å². The van der Waals surface area contributed by atoms with E-state index < -0.39 is 0 Å². The van der Waals surface area contributed by atoms with Crippen molar-refractivity contribution in [2.45, 2.75) is 19.9 Å². The molecule has 3 amide bonds. The summed E-state index contributed by atoms with van der Waals surface area (Å²) in [5.74, 6) is 1.96. The second kappa shape index (κ2) is 10.8. The Morgan fingerprint density at radius 2 is 1.78 bits per heavy atom. The van der Waals surface area contributed by atoms with Gasteiger partial charge in [0.15, 0.2) is 0 Å². The van der Waals surface area contributed by atoms with Crippen molar-refractivity contribution in [1.29, 1.82) is 0 Å². The van der Waals surface area contributed by atoms with Gasteiger partial charge in [-0.1, -0.05) is 24.3 Å². The van der Waals surface area contributed by atoms with Crippen LogP contribution in [0.25, 0.3) is 11.3 Å². The number of rotatable bonds is 7. The number of hydrogen-bond donors (Lipinski definition) is 2. The van der Waals surface area contributed by atoms with Crippen LogP contribution in [0.2, 0.25) is 0 Å². The molecule has 0 spiro atoms. The van der Waals surface area contributed by atoms with Crippen LogP contribution >= 0.6 is 0 Å². The molecule has 2 aliphatic heterocycles. The Morgan fingerprint density at radius 3 is 2.46 bits per heavy atom. The van der Waals surface area contributed by atoms with Crippen LogP contribution in [0.4, 0.5) is 22.2 Å². The molecule has 1 saturated heterocycles. The van der Waals surface area contributed by atoms with E-state index in [-0.39, 0.29) is 18.4 Å². The molecule has 2 aliphatic rings. The molecule has 192 valence electrons. The minimum Gasteiger partial charge on any atom is -0.497 e. The Balaban J connectivity index is 1.50. The number of ether oxygens (including phenoxy) is 2. The maximum atomic E-state index is 13.2. The summed E-state index contributed by atoms with van der Waals surface area (Å²) in [5.41, 5.74) is 4.04. The van der Waals surface area contributed by atoms with Gasteiger partial charge >= 0.3 is 6.03 Å². The fourth-order valence-corrected chi connectivity index (χ4v) is 4.48. The number of nitrogens with one attached hydrogen (secondary N) is 2. The fraction of sp³-hybridized carbons (Fsp3) is 0.333. The third kappa shape index (κ3) is 5.34. The van der Waals surface area contributed by atoms with Crippen molar-refractivity contribution in [3.05, 3.63) is 59.7 Å². The van der Waals surface area contributed by atoms with Gasteiger partial charge < -0.3 is 25.0 Å². The van der Waals surface area contributed by atoms with Crippen molar-refractivity contribution in [1.82, 2.24) is 15.3 Å². The van der Waals surface area contributed by atoms with Crippen LogP contribution in [-0.2, 0) is 22.5 Å². The number of anilines is 3. The van der Waals surface area contributed by atoms with E-state index in [1.54, 1.807) is 12.0 Å². The monoisotopic (exact) mass is 502 g/mol. The molecule has 10 nitrogen and oxygen atoms in total. The lowest BCUT2D eigenvalue weighted by Gasteiger charge is -2.28. The fourth-order valence-electron chi connectivity index (χ4n) is 4.48. The number of carbonyl (C=O) groups is 2. The van der Waals surface area contributed by atoms with Crippen LogP contribution < -0.4 is 25.2 Å². The zero-order valence-electron chi connectivity index (χ0n) is 21.0. The first kappa shape index (κ1) is 24.5. The zero-order chi connectivity index (χ0) is 25.8. The van der Waals surface area contributed by atoms with Crippen molar-refractivity contribution in [3.63, 3.8) is 0 Å². The number of morpholine rings is 1. The third-order valence-corrected chi connectivity index (χ3v) is 6.41. The highest BCUT2D eigenvalue weighted by Crippen LogP contribution is 2.37. The largest absolute Gasteiger partial charge is 0.497 e. The molecule has 0 unspecified atom stereocenters. The number of benzene rings is 2. The Labute approximate surface area is 215 Å². The van der Waals surface area contributed by atoms with Gasteiger partial charge in [-0.05, 0) is 36.8 Å². The van der Waals surface area contributed by atoms with E-state index >= 15 is 0 Å². The van der Waals surface area contributed by atoms with Crippen LogP contribution in [0.1, 0.15) is 18.1 Å². The highest BCUT2D eigenvalue weighted by molar-refractivity contribution is 6.02. The maximum absolute atomic E-state index is 13.2. The Hall–Kier alpha value is -4.18. The summed E-state index contributed by atoms with van der Waals surface area (Å²) in [7, 11) is 1.63. The quantitative estimate of drug-likeness (QED) is 0.511. The first-order valence-corrected chi connectivity index (χ1v) is 12.4. The second-order valence-corrected chi connectivity index (χ2v) is 8.84. The molecule has 5 rings (SSSR count). The van der Waals surface area contributed by atoms with Gasteiger partial charge in [-0.25, -0.2) is 9.78 Å². The number of carbonyl (C=O) groups excluding carboxylic acids is 2. The topological polar surface area (TPSA) is 109 Å². The highest BCUT2D eigenvalue weighted by Gasteiger charge is 2.34. The van der Waals surface area contributed by atoms with E-state index in [0.717, 1.165) is 28.1 Å². The van der Waals surface area contributed by atoms with Crippen LogP contribution in [0.15, 0.2) is 48.5 Å². The van der Waals surface area contributed by atoms with Gasteiger partial charge in [0.25, 0.3) is 0 Å². The van der Waals surface area contributed by atoms with Gasteiger partial charge in [-0.3, -0.25) is 9.69 Å².